The van der Waals surface area contributed by atoms with Crippen LogP contribution in [0.2, 0.25) is 0 Å². The van der Waals surface area contributed by atoms with Crippen LogP contribution >= 0.6 is 11.3 Å². The molecule has 166 valence electrons. The molecule has 1 aromatic carbocycles. The van der Waals surface area contributed by atoms with Gasteiger partial charge in [-0.2, -0.15) is 13.2 Å². The average molecular weight is 473 g/mol. The normalized spacial score (nSPS) is 17.7. The van der Waals surface area contributed by atoms with Crippen LogP contribution in [0.1, 0.15) is 12.0 Å². The fourth-order valence-corrected chi connectivity index (χ4v) is 5.55. The second-order valence-electron chi connectivity index (χ2n) is 7.11. The van der Waals surface area contributed by atoms with Gasteiger partial charge in [0.1, 0.15) is 28.0 Å². The van der Waals surface area contributed by atoms with Crippen LogP contribution in [0.5, 0.6) is 5.75 Å². The Balaban J connectivity index is 1.59. The zero-order valence-corrected chi connectivity index (χ0v) is 17.9. The summed E-state index contributed by atoms with van der Waals surface area (Å²) in [5.74, 6) is -0.400. The highest BCUT2D eigenvalue weighted by Crippen LogP contribution is 2.39. The summed E-state index contributed by atoms with van der Waals surface area (Å²) < 4.78 is 78.5. The van der Waals surface area contributed by atoms with Crippen LogP contribution in [-0.4, -0.2) is 44.7 Å². The van der Waals surface area contributed by atoms with Crippen LogP contribution < -0.4 is 9.46 Å². The molecule has 7 nitrogen and oxygen atoms in total. The number of thiophene rings is 1. The number of anilines is 1. The number of likely N-dealkylation sites (N-methyl/N-ethyl adjacent to an activating group) is 1. The summed E-state index contributed by atoms with van der Waals surface area (Å²) in [6, 6.07) is 7.53. The molecule has 1 fully saturated rings. The largest absolute Gasteiger partial charge is 0.488 e. The smallest absolute Gasteiger partial charge is 0.419 e. The lowest BCUT2D eigenvalue weighted by Gasteiger charge is -2.19. The molecule has 2 aromatic heterocycles. The maximum Gasteiger partial charge on any atom is 0.419 e. The van der Waals surface area contributed by atoms with E-state index in [4.69, 9.17) is 9.26 Å². The molecule has 3 heterocycles. The second-order valence-corrected chi connectivity index (χ2v) is 10.1. The van der Waals surface area contributed by atoms with Crippen LogP contribution in [0.25, 0.3) is 10.6 Å². The van der Waals surface area contributed by atoms with Crippen molar-refractivity contribution in [3.8, 4) is 16.3 Å². The molecule has 0 saturated carbocycles. The molecule has 0 aliphatic carbocycles. The number of alkyl halides is 3. The van der Waals surface area contributed by atoms with Crippen molar-refractivity contribution in [2.45, 2.75) is 22.9 Å². The van der Waals surface area contributed by atoms with Crippen molar-refractivity contribution in [1.29, 1.82) is 0 Å². The SMILES string of the molecule is CN1CC[C@H](Oc2cc(NS(=O)(=O)c3ccc(-c4ccon4)s3)ccc2C(F)(F)F)C1. The molecule has 0 amide bonds. The summed E-state index contributed by atoms with van der Waals surface area (Å²) >= 11 is 0.965. The van der Waals surface area contributed by atoms with Gasteiger partial charge in [-0.15, -0.1) is 11.3 Å². The molecule has 0 unspecified atom stereocenters. The first-order valence-corrected chi connectivity index (χ1v) is 11.5. The Morgan fingerprint density at radius 3 is 2.71 bits per heavy atom. The number of halogens is 3. The zero-order chi connectivity index (χ0) is 22.2. The molecule has 1 aliphatic rings. The van der Waals surface area contributed by atoms with Gasteiger partial charge >= 0.3 is 6.18 Å². The number of sulfonamides is 1. The topological polar surface area (TPSA) is 84.7 Å². The average Bonchev–Trinajstić information content (AvgIpc) is 3.42. The van der Waals surface area contributed by atoms with E-state index in [1.165, 1.54) is 12.3 Å². The molecular weight excluding hydrogens is 455 g/mol. The van der Waals surface area contributed by atoms with Gasteiger partial charge in [-0.05, 0) is 37.7 Å². The monoisotopic (exact) mass is 473 g/mol. The number of nitrogens with zero attached hydrogens (tertiary/aromatic N) is 2. The third-order valence-corrected chi connectivity index (χ3v) is 7.70. The molecule has 0 radical (unpaired) electrons. The highest BCUT2D eigenvalue weighted by molar-refractivity contribution is 7.94. The van der Waals surface area contributed by atoms with Crippen molar-refractivity contribution in [3.63, 3.8) is 0 Å². The first kappa shape index (κ1) is 21.7. The molecule has 1 N–H and O–H groups in total. The van der Waals surface area contributed by atoms with Gasteiger partial charge in [0.15, 0.2) is 0 Å². The number of nitrogens with one attached hydrogen (secondary N) is 1. The van der Waals surface area contributed by atoms with Gasteiger partial charge < -0.3 is 14.2 Å². The van der Waals surface area contributed by atoms with Crippen LogP contribution in [0, 0.1) is 0 Å². The number of hydrogen-bond donors (Lipinski definition) is 1. The minimum absolute atomic E-state index is 0.00900. The fraction of sp³-hybridized carbons (Fsp3) is 0.316. The van der Waals surface area contributed by atoms with E-state index >= 15 is 0 Å². The van der Waals surface area contributed by atoms with Crippen LogP contribution in [-0.2, 0) is 16.2 Å². The Labute approximate surface area is 180 Å². The number of likely N-dealkylation sites (tertiary alicyclic amines) is 1. The number of rotatable bonds is 6. The molecule has 31 heavy (non-hydrogen) atoms. The molecular formula is C19H18F3N3O4S2. The Morgan fingerprint density at radius 1 is 1.26 bits per heavy atom. The van der Waals surface area contributed by atoms with Gasteiger partial charge in [-0.25, -0.2) is 8.42 Å². The van der Waals surface area contributed by atoms with Crippen molar-refractivity contribution in [1.82, 2.24) is 10.1 Å². The third-order valence-electron chi connectivity index (χ3n) is 4.72. The number of aromatic nitrogens is 1. The third kappa shape index (κ3) is 4.86. The van der Waals surface area contributed by atoms with Crippen LogP contribution in [0.4, 0.5) is 18.9 Å². The van der Waals surface area contributed by atoms with E-state index in [9.17, 15) is 21.6 Å². The summed E-state index contributed by atoms with van der Waals surface area (Å²) in [6.07, 6.45) is -3.07. The molecule has 3 aromatic rings. The Hall–Kier alpha value is -2.57. The standard InChI is InChI=1S/C19H18F3N3O4S2/c1-25-8-6-13(11-25)29-16-10-12(2-3-14(16)19(20,21)22)24-31(26,27)18-5-4-17(30-18)15-7-9-28-23-15/h2-5,7,9-10,13,24H,6,8,11H2,1H3/t13-/m0/s1. The van der Waals surface area contributed by atoms with E-state index in [2.05, 4.69) is 9.88 Å². The first-order valence-electron chi connectivity index (χ1n) is 9.22. The van der Waals surface area contributed by atoms with E-state index in [1.54, 1.807) is 12.1 Å². The van der Waals surface area contributed by atoms with Crippen molar-refractivity contribution in [2.75, 3.05) is 24.9 Å². The number of ether oxygens (including phenoxy) is 1. The van der Waals surface area contributed by atoms with Gasteiger partial charge in [0, 0.05) is 25.2 Å². The quantitative estimate of drug-likeness (QED) is 0.575. The molecule has 4 rings (SSSR count). The van der Waals surface area contributed by atoms with Crippen molar-refractivity contribution in [2.24, 2.45) is 0 Å². The minimum atomic E-state index is -4.63. The predicted octanol–water partition coefficient (Wildman–Crippen LogP) is 4.31. The van der Waals surface area contributed by atoms with Crippen molar-refractivity contribution in [3.05, 3.63) is 48.2 Å². The molecule has 1 atom stereocenters. The zero-order valence-electron chi connectivity index (χ0n) is 16.2. The Bertz CT molecular complexity index is 1160. The lowest BCUT2D eigenvalue weighted by Crippen LogP contribution is -2.23. The Kier molecular flexibility index (Phi) is 5.71. The summed E-state index contributed by atoms with van der Waals surface area (Å²) in [7, 11) is -2.17. The summed E-state index contributed by atoms with van der Waals surface area (Å²) in [6.45, 7) is 1.21. The number of benzene rings is 1. The molecule has 0 spiro atoms. The van der Waals surface area contributed by atoms with E-state index < -0.39 is 33.6 Å². The molecule has 12 heteroatoms. The van der Waals surface area contributed by atoms with Crippen molar-refractivity contribution < 1.29 is 30.8 Å². The summed E-state index contributed by atoms with van der Waals surface area (Å²) in [5.41, 5.74) is -0.488. The molecule has 1 aliphatic heterocycles. The maximum absolute atomic E-state index is 13.4. The maximum atomic E-state index is 13.4. The highest BCUT2D eigenvalue weighted by atomic mass is 32.2. The van der Waals surface area contributed by atoms with Gasteiger partial charge in [0.25, 0.3) is 10.0 Å². The van der Waals surface area contributed by atoms with Crippen molar-refractivity contribution >= 4 is 27.0 Å². The summed E-state index contributed by atoms with van der Waals surface area (Å²) in [4.78, 5) is 2.53. The van der Waals surface area contributed by atoms with E-state index in [1.807, 2.05) is 11.9 Å². The lowest BCUT2D eigenvalue weighted by atomic mass is 10.1. The fourth-order valence-electron chi connectivity index (χ4n) is 3.24. The second kappa shape index (κ2) is 8.17. The van der Waals surface area contributed by atoms with Crippen LogP contribution in [0.15, 0.2) is 51.4 Å². The van der Waals surface area contributed by atoms with Crippen LogP contribution in [0.3, 0.4) is 0 Å². The lowest BCUT2D eigenvalue weighted by molar-refractivity contribution is -0.139. The first-order chi connectivity index (χ1) is 14.6. The predicted molar refractivity (Wildman–Crippen MR) is 109 cm³/mol. The van der Waals surface area contributed by atoms with E-state index in [0.717, 1.165) is 29.5 Å². The van der Waals surface area contributed by atoms with Gasteiger partial charge in [-0.3, -0.25) is 4.72 Å². The van der Waals surface area contributed by atoms with E-state index in [-0.39, 0.29) is 9.90 Å². The van der Waals surface area contributed by atoms with Gasteiger partial charge in [0.05, 0.1) is 16.1 Å². The minimum Gasteiger partial charge on any atom is -0.488 e. The summed E-state index contributed by atoms with van der Waals surface area (Å²) in [5, 5.41) is 3.76. The van der Waals surface area contributed by atoms with Gasteiger partial charge in [0.2, 0.25) is 0 Å². The molecule has 0 bridgehead atoms. The highest BCUT2D eigenvalue weighted by Gasteiger charge is 2.36. The number of hydrogen-bond acceptors (Lipinski definition) is 7. The van der Waals surface area contributed by atoms with Gasteiger partial charge in [-0.1, -0.05) is 5.16 Å². The van der Waals surface area contributed by atoms with E-state index in [0.29, 0.717) is 30.1 Å². The Morgan fingerprint density at radius 2 is 2.06 bits per heavy atom. The molecule has 1 saturated heterocycles.